The highest BCUT2D eigenvalue weighted by Gasteiger charge is 2.24. The predicted molar refractivity (Wildman–Crippen MR) is 125 cm³/mol. The number of alkyl halides is 1. The summed E-state index contributed by atoms with van der Waals surface area (Å²) in [6, 6.07) is 8.50. The Morgan fingerprint density at radius 2 is 1.88 bits per heavy atom. The summed E-state index contributed by atoms with van der Waals surface area (Å²) in [5, 5.41) is 9.61. The number of hydrogen-bond acceptors (Lipinski definition) is 7. The minimum absolute atomic E-state index is 0.313. The zero-order chi connectivity index (χ0) is 23.5. The molecule has 1 saturated heterocycles. The van der Waals surface area contributed by atoms with E-state index in [1.54, 1.807) is 30.9 Å². The third-order valence-corrected chi connectivity index (χ3v) is 5.59. The van der Waals surface area contributed by atoms with Crippen LogP contribution in [0, 0.1) is 5.82 Å². The van der Waals surface area contributed by atoms with Gasteiger partial charge in [0.15, 0.2) is 0 Å². The summed E-state index contributed by atoms with van der Waals surface area (Å²) >= 11 is 0. The lowest BCUT2D eigenvalue weighted by Crippen LogP contribution is -2.45. The minimum Gasteiger partial charge on any atom is -0.363 e. The number of anilines is 2. The second kappa shape index (κ2) is 9.44. The first kappa shape index (κ1) is 21.8. The normalized spacial score (nSPS) is 17.9. The van der Waals surface area contributed by atoms with Gasteiger partial charge in [0.05, 0.1) is 35.8 Å². The van der Waals surface area contributed by atoms with Gasteiger partial charge in [-0.3, -0.25) is 14.8 Å². The molecule has 1 amide bonds. The lowest BCUT2D eigenvalue weighted by molar-refractivity contribution is 0.102. The number of amides is 1. The number of nitrogens with zero attached hydrogens (tertiary/aromatic N) is 4. The van der Waals surface area contributed by atoms with E-state index in [0.717, 1.165) is 11.9 Å². The molecule has 0 bridgehead atoms. The molecule has 3 aromatic heterocycles. The standard InChI is InChI=1S/C24H21F2N7O/c25-17-3-1-14(2-4-17)24(34)33-22-8-15-7-16(9-29-20(15)12-30-22)21-11-28-13-23(32-21)31-19-5-6-27-10-18(19)26/h1-4,7-9,11-13,18-19,27H,5-6,10H2,(H,31,32)(H,30,33,34)/t18-,19-/m0/s1. The first-order chi connectivity index (χ1) is 16.5. The van der Waals surface area contributed by atoms with Gasteiger partial charge < -0.3 is 16.0 Å². The van der Waals surface area contributed by atoms with Crippen molar-refractivity contribution in [1.82, 2.24) is 25.3 Å². The third kappa shape index (κ3) is 4.81. The van der Waals surface area contributed by atoms with Crippen LogP contribution in [-0.2, 0) is 0 Å². The van der Waals surface area contributed by atoms with Crippen LogP contribution in [0.3, 0.4) is 0 Å². The Hall–Kier alpha value is -4.05. The maximum atomic E-state index is 14.2. The van der Waals surface area contributed by atoms with E-state index in [9.17, 15) is 13.6 Å². The number of halogens is 2. The Morgan fingerprint density at radius 1 is 1.03 bits per heavy atom. The lowest BCUT2D eigenvalue weighted by Gasteiger charge is -2.27. The molecule has 1 aromatic carbocycles. The van der Waals surface area contributed by atoms with Crippen LogP contribution in [0.5, 0.6) is 0 Å². The summed E-state index contributed by atoms with van der Waals surface area (Å²) in [4.78, 5) is 29.9. The van der Waals surface area contributed by atoms with E-state index in [1.807, 2.05) is 6.07 Å². The molecular weight excluding hydrogens is 440 g/mol. The van der Waals surface area contributed by atoms with Gasteiger partial charge in [0.2, 0.25) is 0 Å². The van der Waals surface area contributed by atoms with Crippen LogP contribution in [0.25, 0.3) is 22.2 Å². The fourth-order valence-corrected chi connectivity index (χ4v) is 3.78. The van der Waals surface area contributed by atoms with Gasteiger partial charge in [0.1, 0.15) is 23.6 Å². The van der Waals surface area contributed by atoms with Gasteiger partial charge in [-0.25, -0.2) is 18.7 Å². The molecule has 0 saturated carbocycles. The van der Waals surface area contributed by atoms with Crippen LogP contribution in [0.15, 0.2) is 61.2 Å². The van der Waals surface area contributed by atoms with E-state index in [0.29, 0.717) is 46.9 Å². The maximum Gasteiger partial charge on any atom is 0.256 e. The number of fused-ring (bicyclic) bond motifs is 1. The van der Waals surface area contributed by atoms with Gasteiger partial charge in [-0.05, 0) is 49.4 Å². The topological polar surface area (TPSA) is 105 Å². The summed E-state index contributed by atoms with van der Waals surface area (Å²) in [7, 11) is 0. The molecule has 1 fully saturated rings. The molecule has 0 unspecified atom stereocenters. The highest BCUT2D eigenvalue weighted by molar-refractivity contribution is 6.04. The Balaban J connectivity index is 1.37. The number of aromatic nitrogens is 4. The minimum atomic E-state index is -1.00. The number of piperidine rings is 1. The zero-order valence-corrected chi connectivity index (χ0v) is 18.0. The quantitative estimate of drug-likeness (QED) is 0.417. The van der Waals surface area contributed by atoms with Crippen LogP contribution in [0.2, 0.25) is 0 Å². The maximum absolute atomic E-state index is 14.2. The van der Waals surface area contributed by atoms with E-state index in [4.69, 9.17) is 0 Å². The van der Waals surface area contributed by atoms with Crippen molar-refractivity contribution in [2.45, 2.75) is 18.6 Å². The van der Waals surface area contributed by atoms with E-state index >= 15 is 0 Å². The smallest absolute Gasteiger partial charge is 0.256 e. The Kier molecular flexibility index (Phi) is 6.05. The molecule has 5 rings (SSSR count). The molecule has 4 heterocycles. The number of nitrogens with one attached hydrogen (secondary N) is 3. The van der Waals surface area contributed by atoms with Crippen LogP contribution in [0.4, 0.5) is 20.4 Å². The number of hydrogen-bond donors (Lipinski definition) is 3. The summed E-state index contributed by atoms with van der Waals surface area (Å²) < 4.78 is 27.3. The first-order valence-corrected chi connectivity index (χ1v) is 10.8. The monoisotopic (exact) mass is 461 g/mol. The number of benzene rings is 1. The fraction of sp³-hybridized carbons (Fsp3) is 0.208. The molecule has 172 valence electrons. The van der Waals surface area contributed by atoms with Gasteiger partial charge in [-0.1, -0.05) is 0 Å². The molecule has 3 N–H and O–H groups in total. The van der Waals surface area contributed by atoms with Gasteiger partial charge in [0, 0.05) is 29.3 Å². The lowest BCUT2D eigenvalue weighted by atomic mass is 10.1. The highest BCUT2D eigenvalue weighted by atomic mass is 19.1. The number of carbonyl (C=O) groups is 1. The van der Waals surface area contributed by atoms with Crippen LogP contribution in [0.1, 0.15) is 16.8 Å². The van der Waals surface area contributed by atoms with E-state index in [2.05, 4.69) is 35.9 Å². The molecule has 4 aromatic rings. The van der Waals surface area contributed by atoms with Crippen molar-refractivity contribution in [1.29, 1.82) is 0 Å². The van der Waals surface area contributed by atoms with Crippen LogP contribution >= 0.6 is 0 Å². The average Bonchev–Trinajstić information content (AvgIpc) is 2.85. The van der Waals surface area contributed by atoms with Crippen molar-refractivity contribution < 1.29 is 13.6 Å². The van der Waals surface area contributed by atoms with Crippen molar-refractivity contribution in [2.24, 2.45) is 0 Å². The van der Waals surface area contributed by atoms with E-state index < -0.39 is 17.9 Å². The van der Waals surface area contributed by atoms with Crippen molar-refractivity contribution in [3.05, 3.63) is 72.6 Å². The molecule has 34 heavy (non-hydrogen) atoms. The second-order valence-electron chi connectivity index (χ2n) is 8.00. The van der Waals surface area contributed by atoms with Gasteiger partial charge in [0.25, 0.3) is 5.91 Å². The Morgan fingerprint density at radius 3 is 2.71 bits per heavy atom. The van der Waals surface area contributed by atoms with Crippen molar-refractivity contribution >= 4 is 28.4 Å². The summed E-state index contributed by atoms with van der Waals surface area (Å²) in [5.74, 6) is 0.0163. The number of rotatable bonds is 5. The van der Waals surface area contributed by atoms with Crippen LogP contribution in [-0.4, -0.2) is 51.1 Å². The third-order valence-electron chi connectivity index (χ3n) is 5.59. The summed E-state index contributed by atoms with van der Waals surface area (Å²) in [6.07, 6.45) is 6.06. The largest absolute Gasteiger partial charge is 0.363 e. The van der Waals surface area contributed by atoms with Gasteiger partial charge in [-0.15, -0.1) is 0 Å². The molecule has 0 aliphatic carbocycles. The van der Waals surface area contributed by atoms with E-state index in [-0.39, 0.29) is 6.04 Å². The average molecular weight is 461 g/mol. The molecule has 2 atom stereocenters. The molecule has 1 aliphatic heterocycles. The van der Waals surface area contributed by atoms with Crippen LogP contribution < -0.4 is 16.0 Å². The number of pyridine rings is 2. The summed E-state index contributed by atoms with van der Waals surface area (Å²) in [5.41, 5.74) is 2.25. The second-order valence-corrected chi connectivity index (χ2v) is 8.00. The van der Waals surface area contributed by atoms with E-state index in [1.165, 1.54) is 24.3 Å². The fourth-order valence-electron chi connectivity index (χ4n) is 3.78. The summed E-state index contributed by atoms with van der Waals surface area (Å²) in [6.45, 7) is 1.06. The van der Waals surface area contributed by atoms with Gasteiger partial charge in [-0.2, -0.15) is 0 Å². The molecule has 0 radical (unpaired) electrons. The molecule has 1 aliphatic rings. The van der Waals surface area contributed by atoms with Crippen molar-refractivity contribution in [3.8, 4) is 11.3 Å². The first-order valence-electron chi connectivity index (χ1n) is 10.8. The van der Waals surface area contributed by atoms with Gasteiger partial charge >= 0.3 is 0 Å². The Labute approximate surface area is 193 Å². The molecule has 8 nitrogen and oxygen atoms in total. The Bertz CT molecular complexity index is 1330. The molecule has 10 heteroatoms. The van der Waals surface area contributed by atoms with Crippen molar-refractivity contribution in [2.75, 3.05) is 23.7 Å². The zero-order valence-electron chi connectivity index (χ0n) is 18.0. The molecular formula is C24H21F2N7O. The molecule has 0 spiro atoms. The highest BCUT2D eigenvalue weighted by Crippen LogP contribution is 2.24. The number of carbonyl (C=O) groups excluding carboxylic acids is 1. The SMILES string of the molecule is O=C(Nc1cc2cc(-c3cncc(N[C@H]4CCNC[C@@H]4F)n3)cnc2cn1)c1ccc(F)cc1. The van der Waals surface area contributed by atoms with Crippen molar-refractivity contribution in [3.63, 3.8) is 0 Å². The predicted octanol–water partition coefficient (Wildman–Crippen LogP) is 3.59.